The van der Waals surface area contributed by atoms with Gasteiger partial charge in [0, 0.05) is 62.8 Å². The van der Waals surface area contributed by atoms with E-state index in [9.17, 15) is 4.79 Å². The van der Waals surface area contributed by atoms with Gasteiger partial charge in [-0.2, -0.15) is 0 Å². The predicted molar refractivity (Wildman–Crippen MR) is 114 cm³/mol. The molecule has 0 atom stereocenters. The number of hydrogen-bond donors (Lipinski definition) is 1. The van der Waals surface area contributed by atoms with Gasteiger partial charge in [-0.15, -0.1) is 0 Å². The smallest absolute Gasteiger partial charge is 0.226 e. The Bertz CT molecular complexity index is 709. The van der Waals surface area contributed by atoms with Crippen molar-refractivity contribution in [3.8, 4) is 0 Å². The molecule has 0 aliphatic carbocycles. The van der Waals surface area contributed by atoms with Gasteiger partial charge < -0.3 is 20.0 Å². The van der Waals surface area contributed by atoms with Crippen molar-refractivity contribution in [3.63, 3.8) is 0 Å². The molecule has 1 N–H and O–H groups in total. The molecule has 1 fully saturated rings. The first-order chi connectivity index (χ1) is 13.2. The third-order valence-corrected chi connectivity index (χ3v) is 5.13. The van der Waals surface area contributed by atoms with Gasteiger partial charge in [0.25, 0.3) is 0 Å². The lowest BCUT2D eigenvalue weighted by Gasteiger charge is -2.34. The molecule has 0 radical (unpaired) electrons. The number of piperazine rings is 1. The van der Waals surface area contributed by atoms with Crippen LogP contribution >= 0.6 is 0 Å². The normalized spacial score (nSPS) is 14.8. The fourth-order valence-electron chi connectivity index (χ4n) is 3.39. The summed E-state index contributed by atoms with van der Waals surface area (Å²) in [6.45, 7) is 8.00. The monoisotopic (exact) mass is 366 g/mol. The van der Waals surface area contributed by atoms with Gasteiger partial charge >= 0.3 is 0 Å². The van der Waals surface area contributed by atoms with Crippen LogP contribution < -0.4 is 15.1 Å². The molecule has 0 bridgehead atoms. The van der Waals surface area contributed by atoms with Crippen LogP contribution in [0.15, 0.2) is 54.6 Å². The quantitative estimate of drug-likeness (QED) is 0.816. The molecule has 1 aliphatic rings. The molecule has 1 heterocycles. The first-order valence-corrected chi connectivity index (χ1v) is 9.79. The van der Waals surface area contributed by atoms with Crippen molar-refractivity contribution in [2.75, 3.05) is 61.4 Å². The van der Waals surface area contributed by atoms with Crippen molar-refractivity contribution in [2.45, 2.75) is 13.3 Å². The highest BCUT2D eigenvalue weighted by Crippen LogP contribution is 2.19. The van der Waals surface area contributed by atoms with E-state index in [1.807, 2.05) is 30.3 Å². The Balaban J connectivity index is 1.49. The van der Waals surface area contributed by atoms with Crippen LogP contribution in [0.4, 0.5) is 17.1 Å². The molecule has 5 nitrogen and oxygen atoms in total. The molecule has 0 unspecified atom stereocenters. The van der Waals surface area contributed by atoms with Gasteiger partial charge in [-0.25, -0.2) is 0 Å². The molecule has 0 aromatic heterocycles. The number of benzene rings is 2. The van der Waals surface area contributed by atoms with Crippen LogP contribution in [0.3, 0.4) is 0 Å². The molecule has 5 heteroatoms. The second kappa shape index (κ2) is 9.42. The average Bonchev–Trinajstić information content (AvgIpc) is 2.70. The maximum atomic E-state index is 12.3. The van der Waals surface area contributed by atoms with Crippen LogP contribution in [0, 0.1) is 0 Å². The Kier molecular flexibility index (Phi) is 6.71. The van der Waals surface area contributed by atoms with E-state index in [-0.39, 0.29) is 5.91 Å². The summed E-state index contributed by atoms with van der Waals surface area (Å²) in [4.78, 5) is 19.3. The maximum Gasteiger partial charge on any atom is 0.226 e. The lowest BCUT2D eigenvalue weighted by atomic mass is 10.2. The van der Waals surface area contributed by atoms with Crippen molar-refractivity contribution < 1.29 is 4.79 Å². The van der Waals surface area contributed by atoms with Gasteiger partial charge in [0.2, 0.25) is 5.91 Å². The van der Waals surface area contributed by atoms with Gasteiger partial charge in [0.05, 0.1) is 0 Å². The Morgan fingerprint density at radius 3 is 2.30 bits per heavy atom. The summed E-state index contributed by atoms with van der Waals surface area (Å²) in [5.41, 5.74) is 3.24. The molecular formula is C22H30N4O. The number of para-hydroxylation sites is 1. The zero-order valence-electron chi connectivity index (χ0n) is 16.4. The van der Waals surface area contributed by atoms with Crippen molar-refractivity contribution in [1.29, 1.82) is 0 Å². The van der Waals surface area contributed by atoms with Gasteiger partial charge in [0.1, 0.15) is 0 Å². The van der Waals surface area contributed by atoms with Gasteiger partial charge in [0.15, 0.2) is 0 Å². The van der Waals surface area contributed by atoms with E-state index in [4.69, 9.17) is 0 Å². The van der Waals surface area contributed by atoms with E-state index < -0.39 is 0 Å². The maximum absolute atomic E-state index is 12.3. The Hall–Kier alpha value is -2.53. The summed E-state index contributed by atoms with van der Waals surface area (Å²) in [7, 11) is 2.16. The van der Waals surface area contributed by atoms with Crippen LogP contribution in [0.2, 0.25) is 0 Å². The standard InChI is InChI=1S/C22H30N4O/c1-3-25(20-7-5-4-6-8-20)14-13-22(27)23-19-9-11-21(12-10-19)26-17-15-24(2)16-18-26/h4-12H,3,13-18H2,1-2H3,(H,23,27). The molecule has 1 saturated heterocycles. The summed E-state index contributed by atoms with van der Waals surface area (Å²) in [6.07, 6.45) is 0.475. The second-order valence-electron chi connectivity index (χ2n) is 7.05. The Morgan fingerprint density at radius 1 is 1.00 bits per heavy atom. The van der Waals surface area contributed by atoms with E-state index in [0.717, 1.165) is 44.1 Å². The molecule has 144 valence electrons. The van der Waals surface area contributed by atoms with Crippen LogP contribution in [0.5, 0.6) is 0 Å². The van der Waals surface area contributed by atoms with Gasteiger partial charge in [-0.1, -0.05) is 18.2 Å². The number of carbonyl (C=O) groups is 1. The van der Waals surface area contributed by atoms with Crippen molar-refractivity contribution in [3.05, 3.63) is 54.6 Å². The highest BCUT2D eigenvalue weighted by atomic mass is 16.1. The second-order valence-corrected chi connectivity index (χ2v) is 7.05. The lowest BCUT2D eigenvalue weighted by molar-refractivity contribution is -0.116. The highest BCUT2D eigenvalue weighted by Gasteiger charge is 2.14. The fourth-order valence-corrected chi connectivity index (χ4v) is 3.39. The topological polar surface area (TPSA) is 38.8 Å². The van der Waals surface area contributed by atoms with E-state index in [1.165, 1.54) is 5.69 Å². The Morgan fingerprint density at radius 2 is 1.67 bits per heavy atom. The zero-order valence-corrected chi connectivity index (χ0v) is 16.4. The van der Waals surface area contributed by atoms with Crippen LogP contribution in [0.1, 0.15) is 13.3 Å². The zero-order chi connectivity index (χ0) is 19.1. The van der Waals surface area contributed by atoms with E-state index in [1.54, 1.807) is 0 Å². The van der Waals surface area contributed by atoms with Crippen LogP contribution in [-0.2, 0) is 4.79 Å². The number of anilines is 3. The molecule has 0 spiro atoms. The number of carbonyl (C=O) groups excluding carboxylic acids is 1. The molecule has 3 rings (SSSR count). The average molecular weight is 367 g/mol. The molecule has 2 aromatic rings. The third-order valence-electron chi connectivity index (χ3n) is 5.13. The SMILES string of the molecule is CCN(CCC(=O)Nc1ccc(N2CCN(C)CC2)cc1)c1ccccc1. The first-order valence-electron chi connectivity index (χ1n) is 9.79. The molecule has 1 aliphatic heterocycles. The summed E-state index contributed by atoms with van der Waals surface area (Å²) < 4.78 is 0. The van der Waals surface area contributed by atoms with Crippen LogP contribution in [0.25, 0.3) is 0 Å². The minimum absolute atomic E-state index is 0.0525. The van der Waals surface area contributed by atoms with Crippen molar-refractivity contribution >= 4 is 23.0 Å². The predicted octanol–water partition coefficient (Wildman–Crippen LogP) is 3.29. The molecule has 0 saturated carbocycles. The number of nitrogens with one attached hydrogen (secondary N) is 1. The van der Waals surface area contributed by atoms with Gasteiger partial charge in [-0.3, -0.25) is 4.79 Å². The summed E-state index contributed by atoms with van der Waals surface area (Å²) in [5, 5.41) is 3.02. The van der Waals surface area contributed by atoms with Gasteiger partial charge in [-0.05, 0) is 50.4 Å². The first kappa shape index (κ1) is 19.2. The summed E-state index contributed by atoms with van der Waals surface area (Å²) in [5.74, 6) is 0.0525. The number of hydrogen-bond acceptors (Lipinski definition) is 4. The molecule has 2 aromatic carbocycles. The molecule has 1 amide bonds. The number of rotatable bonds is 7. The van der Waals surface area contributed by atoms with E-state index in [0.29, 0.717) is 13.0 Å². The van der Waals surface area contributed by atoms with Crippen molar-refractivity contribution in [2.24, 2.45) is 0 Å². The molecular weight excluding hydrogens is 336 g/mol. The molecule has 27 heavy (non-hydrogen) atoms. The van der Waals surface area contributed by atoms with Crippen molar-refractivity contribution in [1.82, 2.24) is 4.90 Å². The number of nitrogens with zero attached hydrogens (tertiary/aromatic N) is 3. The van der Waals surface area contributed by atoms with Crippen LogP contribution in [-0.4, -0.2) is 57.1 Å². The van der Waals surface area contributed by atoms with E-state index in [2.05, 4.69) is 58.3 Å². The van der Waals surface area contributed by atoms with E-state index >= 15 is 0 Å². The largest absolute Gasteiger partial charge is 0.371 e. The minimum Gasteiger partial charge on any atom is -0.371 e. The summed E-state index contributed by atoms with van der Waals surface area (Å²) >= 11 is 0. The fraction of sp³-hybridized carbons (Fsp3) is 0.409. The number of likely N-dealkylation sites (N-methyl/N-ethyl adjacent to an activating group) is 1. The lowest BCUT2D eigenvalue weighted by Crippen LogP contribution is -2.44. The summed E-state index contributed by atoms with van der Waals surface area (Å²) in [6, 6.07) is 18.4. The highest BCUT2D eigenvalue weighted by molar-refractivity contribution is 5.91. The number of amides is 1. The minimum atomic E-state index is 0.0525. The third kappa shape index (κ3) is 5.47. The Labute approximate surface area is 162 Å².